The van der Waals surface area contributed by atoms with Gasteiger partial charge in [0.15, 0.2) is 0 Å². The van der Waals surface area contributed by atoms with Crippen LogP contribution in [0.4, 0.5) is 5.95 Å². The van der Waals surface area contributed by atoms with Gasteiger partial charge in [-0.3, -0.25) is 9.47 Å². The van der Waals surface area contributed by atoms with Gasteiger partial charge in [-0.05, 0) is 36.2 Å². The molecule has 154 valence electrons. The van der Waals surface area contributed by atoms with E-state index in [1.54, 1.807) is 0 Å². The van der Waals surface area contributed by atoms with E-state index in [9.17, 15) is 0 Å². The minimum atomic E-state index is 0.600. The molecule has 7 heteroatoms. The molecule has 0 radical (unpaired) electrons. The van der Waals surface area contributed by atoms with Gasteiger partial charge in [-0.1, -0.05) is 45.9 Å². The van der Waals surface area contributed by atoms with Crippen LogP contribution in [-0.4, -0.2) is 58.6 Å². The lowest BCUT2D eigenvalue weighted by atomic mass is 10.1. The third kappa shape index (κ3) is 5.21. The summed E-state index contributed by atoms with van der Waals surface area (Å²) in [5.41, 5.74) is 1.06. The van der Waals surface area contributed by atoms with Gasteiger partial charge in [-0.2, -0.15) is 0 Å². The molecule has 1 saturated heterocycles. The molecule has 0 amide bonds. The van der Waals surface area contributed by atoms with E-state index in [0.717, 1.165) is 55.8 Å². The first-order valence-corrected chi connectivity index (χ1v) is 10.7. The normalized spacial score (nSPS) is 15.2. The van der Waals surface area contributed by atoms with Crippen LogP contribution in [0.5, 0.6) is 0 Å². The number of rotatable bonds is 8. The lowest BCUT2D eigenvalue weighted by Gasteiger charge is -2.27. The zero-order valence-corrected chi connectivity index (χ0v) is 18.4. The Balaban J connectivity index is 1.97. The van der Waals surface area contributed by atoms with Crippen molar-refractivity contribution < 1.29 is 4.74 Å². The van der Waals surface area contributed by atoms with Crippen LogP contribution >= 0.6 is 12.2 Å². The summed E-state index contributed by atoms with van der Waals surface area (Å²) in [6, 6.07) is 10.3. The van der Waals surface area contributed by atoms with Crippen molar-refractivity contribution >= 4 is 18.2 Å². The Kier molecular flexibility index (Phi) is 7.26. The summed E-state index contributed by atoms with van der Waals surface area (Å²) >= 11 is 5.89. The molecule has 3 rings (SSSR count). The van der Waals surface area contributed by atoms with Gasteiger partial charge >= 0.3 is 0 Å². The smallest absolute Gasteiger partial charge is 0.230 e. The molecule has 0 unspecified atom stereocenters. The fourth-order valence-corrected chi connectivity index (χ4v) is 3.96. The highest BCUT2D eigenvalue weighted by Gasteiger charge is 2.22. The SMILES string of the molecule is CC(C)CN(CC(C)C)Cn1nc(N2CCOCC2)n(-c2ccccc2)c1=S. The molecule has 0 saturated carbocycles. The zero-order valence-electron chi connectivity index (χ0n) is 17.5. The maximum atomic E-state index is 5.89. The Bertz CT molecular complexity index is 783. The Hall–Kier alpha value is -1.70. The van der Waals surface area contributed by atoms with Crippen molar-refractivity contribution in [2.45, 2.75) is 34.4 Å². The van der Waals surface area contributed by atoms with E-state index < -0.39 is 0 Å². The second kappa shape index (κ2) is 9.67. The van der Waals surface area contributed by atoms with Crippen LogP contribution in [0.15, 0.2) is 30.3 Å². The van der Waals surface area contributed by atoms with Crippen molar-refractivity contribution in [2.24, 2.45) is 11.8 Å². The number of nitrogens with zero attached hydrogens (tertiary/aromatic N) is 5. The highest BCUT2D eigenvalue weighted by atomic mass is 32.1. The molecule has 2 aromatic rings. The van der Waals surface area contributed by atoms with Crippen LogP contribution in [0.25, 0.3) is 5.69 Å². The van der Waals surface area contributed by atoms with Crippen LogP contribution in [-0.2, 0) is 11.4 Å². The first-order valence-electron chi connectivity index (χ1n) is 10.3. The third-order valence-electron chi connectivity index (χ3n) is 4.71. The number of morpholine rings is 1. The standard InChI is InChI=1S/C21H33N5OS/c1-17(2)14-23(15-18(3)4)16-25-21(28)26(19-8-6-5-7-9-19)20(22-25)24-10-12-27-13-11-24/h5-9,17-18H,10-16H2,1-4H3. The Labute approximate surface area is 173 Å². The number of aromatic nitrogens is 3. The van der Waals surface area contributed by atoms with E-state index in [1.165, 1.54) is 0 Å². The number of anilines is 1. The van der Waals surface area contributed by atoms with Crippen molar-refractivity contribution in [1.29, 1.82) is 0 Å². The molecule has 0 atom stereocenters. The monoisotopic (exact) mass is 403 g/mol. The summed E-state index contributed by atoms with van der Waals surface area (Å²) in [6.45, 7) is 14.9. The summed E-state index contributed by atoms with van der Waals surface area (Å²) in [7, 11) is 0. The lowest BCUT2D eigenvalue weighted by Crippen LogP contribution is -2.38. The quantitative estimate of drug-likeness (QED) is 0.627. The average Bonchev–Trinajstić information content (AvgIpc) is 2.98. The molecule has 0 N–H and O–H groups in total. The summed E-state index contributed by atoms with van der Waals surface area (Å²) in [4.78, 5) is 4.73. The van der Waals surface area contributed by atoms with Crippen molar-refractivity contribution in [3.8, 4) is 5.69 Å². The predicted molar refractivity (Wildman–Crippen MR) is 117 cm³/mol. The number of ether oxygens (including phenoxy) is 1. The van der Waals surface area contributed by atoms with Gasteiger partial charge < -0.3 is 9.64 Å². The summed E-state index contributed by atoms with van der Waals surface area (Å²) in [5, 5.41) is 4.97. The largest absolute Gasteiger partial charge is 0.378 e. The molecule has 0 spiro atoms. The Morgan fingerprint density at radius 2 is 1.64 bits per heavy atom. The van der Waals surface area contributed by atoms with E-state index in [4.69, 9.17) is 22.1 Å². The molecular weight excluding hydrogens is 370 g/mol. The van der Waals surface area contributed by atoms with E-state index in [-0.39, 0.29) is 0 Å². The first-order chi connectivity index (χ1) is 13.5. The van der Waals surface area contributed by atoms with Gasteiger partial charge in [-0.25, -0.2) is 4.68 Å². The zero-order chi connectivity index (χ0) is 20.1. The van der Waals surface area contributed by atoms with Gasteiger partial charge in [0.05, 0.1) is 25.6 Å². The molecule has 1 aromatic carbocycles. The molecule has 1 aromatic heterocycles. The molecule has 0 aliphatic carbocycles. The molecular formula is C21H33N5OS. The van der Waals surface area contributed by atoms with E-state index in [1.807, 2.05) is 22.9 Å². The third-order valence-corrected chi connectivity index (χ3v) is 5.10. The molecule has 2 heterocycles. The highest BCUT2D eigenvalue weighted by Crippen LogP contribution is 2.21. The van der Waals surface area contributed by atoms with Crippen LogP contribution < -0.4 is 4.90 Å². The van der Waals surface area contributed by atoms with Crippen LogP contribution in [0.3, 0.4) is 0 Å². The topological polar surface area (TPSA) is 38.5 Å². The second-order valence-corrected chi connectivity index (χ2v) is 8.68. The van der Waals surface area contributed by atoms with Crippen molar-refractivity contribution in [3.05, 3.63) is 35.1 Å². The van der Waals surface area contributed by atoms with Crippen LogP contribution in [0.2, 0.25) is 0 Å². The summed E-state index contributed by atoms with van der Waals surface area (Å²) < 4.78 is 10.4. The second-order valence-electron chi connectivity index (χ2n) is 8.32. The number of hydrogen-bond acceptors (Lipinski definition) is 5. The summed E-state index contributed by atoms with van der Waals surface area (Å²) in [5.74, 6) is 2.11. The maximum Gasteiger partial charge on any atom is 0.230 e. The summed E-state index contributed by atoms with van der Waals surface area (Å²) in [6.07, 6.45) is 0. The molecule has 1 aliphatic heterocycles. The van der Waals surface area contributed by atoms with Crippen molar-refractivity contribution in [2.75, 3.05) is 44.3 Å². The molecule has 1 fully saturated rings. The van der Waals surface area contributed by atoms with E-state index in [2.05, 4.69) is 54.2 Å². The first kappa shape index (κ1) is 21.0. The van der Waals surface area contributed by atoms with Crippen LogP contribution in [0.1, 0.15) is 27.7 Å². The molecule has 1 aliphatic rings. The fraction of sp³-hybridized carbons (Fsp3) is 0.619. The van der Waals surface area contributed by atoms with Gasteiger partial charge in [0, 0.05) is 26.2 Å². The van der Waals surface area contributed by atoms with E-state index >= 15 is 0 Å². The lowest BCUT2D eigenvalue weighted by molar-refractivity contribution is 0.121. The van der Waals surface area contributed by atoms with Gasteiger partial charge in [0.2, 0.25) is 10.7 Å². The molecule has 28 heavy (non-hydrogen) atoms. The molecule has 0 bridgehead atoms. The number of para-hydroxylation sites is 1. The fourth-order valence-electron chi connectivity index (χ4n) is 3.67. The average molecular weight is 404 g/mol. The molecule has 6 nitrogen and oxygen atoms in total. The number of benzene rings is 1. The Morgan fingerprint density at radius 1 is 1.04 bits per heavy atom. The maximum absolute atomic E-state index is 5.89. The highest BCUT2D eigenvalue weighted by molar-refractivity contribution is 7.71. The minimum Gasteiger partial charge on any atom is -0.378 e. The van der Waals surface area contributed by atoms with Gasteiger partial charge in [0.25, 0.3) is 0 Å². The Morgan fingerprint density at radius 3 is 2.21 bits per heavy atom. The minimum absolute atomic E-state index is 0.600. The van der Waals surface area contributed by atoms with Crippen molar-refractivity contribution in [1.82, 2.24) is 19.2 Å². The van der Waals surface area contributed by atoms with Crippen molar-refractivity contribution in [3.63, 3.8) is 0 Å². The predicted octanol–water partition coefficient (Wildman–Crippen LogP) is 3.81. The van der Waals surface area contributed by atoms with E-state index in [0.29, 0.717) is 18.5 Å². The van der Waals surface area contributed by atoms with Gasteiger partial charge in [0.1, 0.15) is 0 Å². The number of hydrogen-bond donors (Lipinski definition) is 0. The van der Waals surface area contributed by atoms with Crippen LogP contribution in [0, 0.1) is 16.6 Å². The van der Waals surface area contributed by atoms with Gasteiger partial charge in [-0.15, -0.1) is 5.10 Å².